The topological polar surface area (TPSA) is 113 Å². The summed E-state index contributed by atoms with van der Waals surface area (Å²) in [6, 6.07) is 14.8. The maximum absolute atomic E-state index is 13.1. The normalized spacial score (nSPS) is 19.4. The third-order valence-corrected chi connectivity index (χ3v) is 5.05. The number of ketones is 1. The molecule has 0 aliphatic carbocycles. The van der Waals surface area contributed by atoms with E-state index in [2.05, 4.69) is 0 Å². The zero-order valence-corrected chi connectivity index (χ0v) is 15.7. The minimum atomic E-state index is -1.32. The van der Waals surface area contributed by atoms with Gasteiger partial charge in [0, 0.05) is 30.8 Å². The molecule has 0 bridgehead atoms. The van der Waals surface area contributed by atoms with Crippen molar-refractivity contribution in [2.24, 2.45) is 5.92 Å². The molecule has 1 amide bonds. The van der Waals surface area contributed by atoms with Crippen molar-refractivity contribution in [3.05, 3.63) is 75.8 Å². The molecule has 0 saturated carbocycles. The first-order valence-electron chi connectivity index (χ1n) is 9.36. The molecule has 2 atom stereocenters. The summed E-state index contributed by atoms with van der Waals surface area (Å²) in [5.41, 5.74) is 1.12. The first-order valence-corrected chi connectivity index (χ1v) is 9.36. The van der Waals surface area contributed by atoms with E-state index >= 15 is 0 Å². The molecule has 3 rings (SSSR count). The highest BCUT2D eigenvalue weighted by Gasteiger charge is 2.34. The van der Waals surface area contributed by atoms with Crippen LogP contribution in [-0.2, 0) is 11.3 Å². The molecule has 8 nitrogen and oxygen atoms in total. The number of Topliss-reactive ketones (excluding diaryl/α,β-unsaturated/α-hetero) is 1. The minimum Gasteiger partial charge on any atom is -0.530 e. The molecule has 1 aliphatic rings. The van der Waals surface area contributed by atoms with Crippen LogP contribution in [0.5, 0.6) is 0 Å². The molecule has 8 heteroatoms. The van der Waals surface area contributed by atoms with Crippen LogP contribution in [0.3, 0.4) is 0 Å². The van der Waals surface area contributed by atoms with Crippen molar-refractivity contribution < 1.29 is 24.4 Å². The molecule has 29 heavy (non-hydrogen) atoms. The summed E-state index contributed by atoms with van der Waals surface area (Å²) in [6.07, 6.45) is -0.713. The van der Waals surface area contributed by atoms with Gasteiger partial charge in [-0.05, 0) is 30.5 Å². The zero-order chi connectivity index (χ0) is 20.8. The Hall–Kier alpha value is -3.26. The van der Waals surface area contributed by atoms with E-state index in [1.807, 2.05) is 30.3 Å². The molecule has 1 heterocycles. The maximum Gasteiger partial charge on any atom is 0.269 e. The van der Waals surface area contributed by atoms with E-state index in [0.717, 1.165) is 10.5 Å². The number of rotatable bonds is 6. The van der Waals surface area contributed by atoms with E-state index in [9.17, 15) is 24.8 Å². The first kappa shape index (κ1) is 20.5. The van der Waals surface area contributed by atoms with E-state index in [1.54, 1.807) is 0 Å². The molecular weight excluding hydrogens is 376 g/mol. The van der Waals surface area contributed by atoms with Gasteiger partial charge in [0.25, 0.3) is 5.69 Å². The van der Waals surface area contributed by atoms with Crippen molar-refractivity contribution in [1.82, 2.24) is 4.90 Å². The smallest absolute Gasteiger partial charge is 0.269 e. The fourth-order valence-corrected chi connectivity index (χ4v) is 3.49. The van der Waals surface area contributed by atoms with Crippen molar-refractivity contribution in [3.63, 3.8) is 0 Å². The van der Waals surface area contributed by atoms with Crippen LogP contribution in [0, 0.1) is 16.0 Å². The van der Waals surface area contributed by atoms with Crippen LogP contribution >= 0.6 is 0 Å². The standard InChI is InChI=1S/C21H22N2O6/c24-20(16-8-10-17(11-9-16)23(27)28)18-13-22(21(25)26)12-4-7-19(18)29-14-15-5-2-1-3-6-15/h1-3,5-6,8-11,18-19H,4,7,12-14H2,(H,25,26)/p-1. The highest BCUT2D eigenvalue weighted by atomic mass is 16.6. The van der Waals surface area contributed by atoms with Crippen LogP contribution in [0.15, 0.2) is 54.6 Å². The number of carbonyl (C=O) groups is 2. The Labute approximate surface area is 167 Å². The van der Waals surface area contributed by atoms with Crippen LogP contribution in [0.4, 0.5) is 10.5 Å². The van der Waals surface area contributed by atoms with Gasteiger partial charge in [-0.15, -0.1) is 0 Å². The van der Waals surface area contributed by atoms with Crippen LogP contribution < -0.4 is 5.11 Å². The predicted molar refractivity (Wildman–Crippen MR) is 102 cm³/mol. The van der Waals surface area contributed by atoms with Crippen molar-refractivity contribution in [2.45, 2.75) is 25.6 Å². The predicted octanol–water partition coefficient (Wildman–Crippen LogP) is 2.42. The lowest BCUT2D eigenvalue weighted by Crippen LogP contribution is -2.46. The van der Waals surface area contributed by atoms with E-state index in [4.69, 9.17) is 4.74 Å². The number of hydrogen-bond acceptors (Lipinski definition) is 6. The highest BCUT2D eigenvalue weighted by Crippen LogP contribution is 2.26. The largest absolute Gasteiger partial charge is 0.530 e. The summed E-state index contributed by atoms with van der Waals surface area (Å²) in [4.78, 5) is 36.0. The van der Waals surface area contributed by atoms with Gasteiger partial charge in [-0.2, -0.15) is 0 Å². The molecule has 1 saturated heterocycles. The van der Waals surface area contributed by atoms with Crippen LogP contribution in [-0.4, -0.2) is 40.9 Å². The Morgan fingerprint density at radius 1 is 1.10 bits per heavy atom. The van der Waals surface area contributed by atoms with Gasteiger partial charge in [0.05, 0.1) is 23.6 Å². The fraction of sp³-hybridized carbons (Fsp3) is 0.333. The Morgan fingerprint density at radius 3 is 2.41 bits per heavy atom. The molecule has 0 radical (unpaired) electrons. The molecule has 1 aliphatic heterocycles. The van der Waals surface area contributed by atoms with Crippen molar-refractivity contribution >= 4 is 17.6 Å². The Balaban J connectivity index is 1.81. The van der Waals surface area contributed by atoms with E-state index < -0.39 is 23.0 Å². The van der Waals surface area contributed by atoms with Crippen molar-refractivity contribution in [2.75, 3.05) is 13.1 Å². The van der Waals surface area contributed by atoms with Gasteiger partial charge >= 0.3 is 0 Å². The number of likely N-dealkylation sites (tertiary alicyclic amines) is 1. The van der Waals surface area contributed by atoms with Crippen molar-refractivity contribution in [1.29, 1.82) is 0 Å². The second kappa shape index (κ2) is 9.29. The zero-order valence-electron chi connectivity index (χ0n) is 15.7. The lowest BCUT2D eigenvalue weighted by Gasteiger charge is -2.29. The number of carboxylic acid groups (broad SMARTS) is 1. The summed E-state index contributed by atoms with van der Waals surface area (Å²) >= 11 is 0. The van der Waals surface area contributed by atoms with Crippen molar-refractivity contribution in [3.8, 4) is 0 Å². The average molecular weight is 397 g/mol. The molecule has 0 aromatic heterocycles. The second-order valence-corrected chi connectivity index (χ2v) is 6.96. The Bertz CT molecular complexity index is 868. The lowest BCUT2D eigenvalue weighted by molar-refractivity contribution is -0.384. The van der Waals surface area contributed by atoms with E-state index in [1.165, 1.54) is 24.3 Å². The number of carbonyl (C=O) groups excluding carboxylic acids is 2. The molecule has 2 aromatic carbocycles. The van der Waals surface area contributed by atoms with Gasteiger partial charge in [-0.1, -0.05) is 30.3 Å². The van der Waals surface area contributed by atoms with Gasteiger partial charge in [0.15, 0.2) is 5.78 Å². The molecule has 0 spiro atoms. The van der Waals surface area contributed by atoms with Crippen LogP contribution in [0.25, 0.3) is 0 Å². The molecule has 2 unspecified atom stereocenters. The second-order valence-electron chi connectivity index (χ2n) is 6.96. The summed E-state index contributed by atoms with van der Waals surface area (Å²) in [6.45, 7) is 0.552. The third kappa shape index (κ3) is 5.17. The number of nitro groups is 1. The quantitative estimate of drug-likeness (QED) is 0.420. The Morgan fingerprint density at radius 2 is 1.79 bits per heavy atom. The number of non-ortho nitro benzene ring substituents is 1. The molecule has 0 N–H and O–H groups in total. The lowest BCUT2D eigenvalue weighted by atomic mass is 9.90. The average Bonchev–Trinajstić information content (AvgIpc) is 2.95. The molecule has 1 fully saturated rings. The van der Waals surface area contributed by atoms with Crippen LogP contribution in [0.2, 0.25) is 0 Å². The Kier molecular flexibility index (Phi) is 6.56. The number of nitro benzene ring substituents is 1. The number of ether oxygens (including phenoxy) is 1. The summed E-state index contributed by atoms with van der Waals surface area (Å²) in [5.74, 6) is -1.02. The van der Waals surface area contributed by atoms with Gasteiger partial charge in [0.2, 0.25) is 0 Å². The first-order chi connectivity index (χ1) is 14.0. The number of nitrogens with zero attached hydrogens (tertiary/aromatic N) is 2. The number of hydrogen-bond donors (Lipinski definition) is 0. The monoisotopic (exact) mass is 397 g/mol. The SMILES string of the molecule is O=C(c1ccc([N+](=O)[O-])cc1)C1CN(C(=O)[O-])CCCC1OCc1ccccc1. The van der Waals surface area contributed by atoms with E-state index in [0.29, 0.717) is 19.4 Å². The summed E-state index contributed by atoms with van der Waals surface area (Å²) in [7, 11) is 0. The summed E-state index contributed by atoms with van der Waals surface area (Å²) in [5, 5.41) is 22.2. The third-order valence-electron chi connectivity index (χ3n) is 5.05. The van der Waals surface area contributed by atoms with Gasteiger partial charge < -0.3 is 19.5 Å². The highest BCUT2D eigenvalue weighted by molar-refractivity contribution is 5.98. The molecule has 152 valence electrons. The molecular formula is C21H21N2O6-. The minimum absolute atomic E-state index is 0.0301. The van der Waals surface area contributed by atoms with Gasteiger partial charge in [-0.25, -0.2) is 0 Å². The summed E-state index contributed by atoms with van der Waals surface area (Å²) < 4.78 is 6.03. The maximum atomic E-state index is 13.1. The van der Waals surface area contributed by atoms with Gasteiger partial charge in [-0.3, -0.25) is 14.9 Å². The number of amides is 1. The van der Waals surface area contributed by atoms with E-state index in [-0.39, 0.29) is 30.1 Å². The van der Waals surface area contributed by atoms with Crippen LogP contribution in [0.1, 0.15) is 28.8 Å². The fourth-order valence-electron chi connectivity index (χ4n) is 3.49. The number of benzene rings is 2. The molecule has 2 aromatic rings. The van der Waals surface area contributed by atoms with Gasteiger partial charge in [0.1, 0.15) is 6.09 Å².